The summed E-state index contributed by atoms with van der Waals surface area (Å²) in [6.07, 6.45) is 6.33. The predicted octanol–water partition coefficient (Wildman–Crippen LogP) is 5.46. The Balaban J connectivity index is 1.30. The molecule has 2 aromatic rings. The third-order valence-electron chi connectivity index (χ3n) is 11.4. The highest BCUT2D eigenvalue weighted by molar-refractivity contribution is 7.91. The van der Waals surface area contributed by atoms with E-state index >= 15 is 0 Å². The molecule has 2 aliphatic heterocycles. The van der Waals surface area contributed by atoms with Crippen molar-refractivity contribution in [1.82, 2.24) is 19.2 Å². The molecular formula is C38H54N4O8S. The predicted molar refractivity (Wildman–Crippen MR) is 191 cm³/mol. The Morgan fingerprint density at radius 1 is 1.04 bits per heavy atom. The smallest absolute Gasteiger partial charge is 0.307 e. The number of carbonyl (C=O) groups excluding carboxylic acids is 4. The Morgan fingerprint density at radius 2 is 1.73 bits per heavy atom. The fraction of sp³-hybridized carbons (Fsp3) is 0.711. The van der Waals surface area contributed by atoms with Crippen molar-refractivity contribution in [2.45, 2.75) is 147 Å². The molecule has 2 saturated carbocycles. The van der Waals surface area contributed by atoms with Crippen molar-refractivity contribution in [2.24, 2.45) is 17.3 Å². The van der Waals surface area contributed by atoms with Gasteiger partial charge in [0.2, 0.25) is 21.8 Å². The number of imidazole rings is 1. The lowest BCUT2D eigenvalue weighted by atomic mass is 9.90. The van der Waals surface area contributed by atoms with Gasteiger partial charge < -0.3 is 14.4 Å². The number of nitrogens with one attached hydrogen (secondary N) is 1. The van der Waals surface area contributed by atoms with E-state index in [1.165, 1.54) is 0 Å². The molecule has 12 nitrogen and oxygen atoms in total. The molecule has 0 bridgehead atoms. The highest BCUT2D eigenvalue weighted by Crippen LogP contribution is 2.59. The summed E-state index contributed by atoms with van der Waals surface area (Å²) in [5.41, 5.74) is -0.171. The normalized spacial score (nSPS) is 28.6. The van der Waals surface area contributed by atoms with Crippen molar-refractivity contribution in [3.63, 3.8) is 0 Å². The van der Waals surface area contributed by atoms with Crippen LogP contribution in [0.2, 0.25) is 0 Å². The number of para-hydroxylation sites is 2. The Kier molecular flexibility index (Phi) is 10.3. The molecule has 0 unspecified atom stereocenters. The second-order valence-corrected chi connectivity index (χ2v) is 18.7. The van der Waals surface area contributed by atoms with Gasteiger partial charge in [0.05, 0.1) is 40.2 Å². The van der Waals surface area contributed by atoms with Crippen LogP contribution in [0.25, 0.3) is 11.0 Å². The number of ketones is 1. The van der Waals surface area contributed by atoms with Gasteiger partial charge in [-0.2, -0.15) is 4.98 Å². The molecule has 0 radical (unpaired) electrons. The summed E-state index contributed by atoms with van der Waals surface area (Å²) in [6, 6.07) is 7.20. The van der Waals surface area contributed by atoms with Gasteiger partial charge in [-0.15, -0.1) is 0 Å². The number of esters is 1. The lowest BCUT2D eigenvalue weighted by Crippen LogP contribution is -2.47. The Morgan fingerprint density at radius 3 is 2.41 bits per heavy atom. The molecule has 280 valence electrons. The summed E-state index contributed by atoms with van der Waals surface area (Å²) in [7, 11) is -3.90. The lowest BCUT2D eigenvalue weighted by Gasteiger charge is -2.29. The minimum atomic E-state index is -3.90. The van der Waals surface area contributed by atoms with E-state index in [4.69, 9.17) is 14.5 Å². The number of sulfonamides is 1. The van der Waals surface area contributed by atoms with Crippen molar-refractivity contribution < 1.29 is 37.1 Å². The molecule has 3 heterocycles. The van der Waals surface area contributed by atoms with Crippen molar-refractivity contribution in [3.05, 3.63) is 24.3 Å². The average Bonchev–Trinajstić information content (AvgIpc) is 3.88. The molecule has 13 heteroatoms. The van der Waals surface area contributed by atoms with Gasteiger partial charge in [-0.05, 0) is 84.8 Å². The van der Waals surface area contributed by atoms with Crippen LogP contribution in [0, 0.1) is 17.3 Å². The SMILES string of the molecule is CCn1c(O[C@@H]2C[C@H]3C(=O)C[C@]4(C(=O)NS(=O)(=O)C5(C)CC5)C[C@H]4CCCCCCC[C@H](CC(=O)OC(C)(C)C)C(=O)N3C2)nc2ccccc21. The fourth-order valence-electron chi connectivity index (χ4n) is 8.03. The van der Waals surface area contributed by atoms with Crippen LogP contribution >= 0.6 is 0 Å². The summed E-state index contributed by atoms with van der Waals surface area (Å²) in [6.45, 7) is 9.71. The Labute approximate surface area is 301 Å². The first-order valence-electron chi connectivity index (χ1n) is 18.8. The first-order chi connectivity index (χ1) is 24.1. The van der Waals surface area contributed by atoms with Gasteiger partial charge in [-0.25, -0.2) is 8.42 Å². The molecule has 0 spiro atoms. The largest absolute Gasteiger partial charge is 0.460 e. The molecule has 1 N–H and O–H groups in total. The molecule has 5 atom stereocenters. The maximum absolute atomic E-state index is 14.5. The van der Waals surface area contributed by atoms with E-state index in [1.807, 2.05) is 35.8 Å². The van der Waals surface area contributed by atoms with E-state index in [0.717, 1.165) is 49.6 Å². The third kappa shape index (κ3) is 7.98. The zero-order valence-corrected chi connectivity index (χ0v) is 31.6. The summed E-state index contributed by atoms with van der Waals surface area (Å²) in [5, 5.41) is 0. The number of aromatic nitrogens is 2. The second-order valence-electron chi connectivity index (χ2n) is 16.5. The van der Waals surface area contributed by atoms with Crippen molar-refractivity contribution in [2.75, 3.05) is 6.54 Å². The van der Waals surface area contributed by atoms with E-state index in [2.05, 4.69) is 4.72 Å². The molecule has 1 aromatic carbocycles. The zero-order chi connectivity index (χ0) is 36.8. The number of aryl methyl sites for hydroxylation is 1. The molecular weight excluding hydrogens is 673 g/mol. The van der Waals surface area contributed by atoms with Gasteiger partial charge in [0.1, 0.15) is 11.7 Å². The molecule has 2 amide bonds. The standard InChI is InChI=1S/C38H54N4O8S/c1-6-41-29-17-13-12-16-28(29)39-35(41)49-27-21-30-31(43)23-38(34(46)40-51(47,48)37(5)18-19-37)22-26(38)15-11-9-7-8-10-14-25(33(45)42(30)24-27)20-32(44)50-36(2,3)4/h12-13,16-17,25-27,30H,6-11,14-15,18-24H2,1-5H3,(H,40,46)/t25-,26-,27-,30+,38-/m1/s1. The number of fused-ring (bicyclic) bond motifs is 3. The minimum absolute atomic E-state index is 0.101. The fourth-order valence-corrected chi connectivity index (χ4v) is 9.36. The van der Waals surface area contributed by atoms with Crippen LogP contribution in [0.3, 0.4) is 0 Å². The zero-order valence-electron chi connectivity index (χ0n) is 30.7. The molecule has 51 heavy (non-hydrogen) atoms. The van der Waals surface area contributed by atoms with Gasteiger partial charge >= 0.3 is 5.97 Å². The number of amides is 2. The van der Waals surface area contributed by atoms with Gasteiger partial charge in [0.15, 0.2) is 5.78 Å². The maximum atomic E-state index is 14.5. The number of hydrogen-bond donors (Lipinski definition) is 1. The minimum Gasteiger partial charge on any atom is -0.460 e. The monoisotopic (exact) mass is 726 g/mol. The van der Waals surface area contributed by atoms with Crippen molar-refractivity contribution in [3.8, 4) is 6.01 Å². The lowest BCUT2D eigenvalue weighted by molar-refractivity contribution is -0.159. The van der Waals surface area contributed by atoms with Crippen molar-refractivity contribution in [1.29, 1.82) is 0 Å². The Bertz CT molecular complexity index is 1780. The van der Waals surface area contributed by atoms with Gasteiger partial charge in [-0.3, -0.25) is 28.5 Å². The maximum Gasteiger partial charge on any atom is 0.307 e. The summed E-state index contributed by atoms with van der Waals surface area (Å²) in [4.78, 5) is 62.2. The number of rotatable bonds is 8. The first-order valence-corrected chi connectivity index (χ1v) is 20.3. The van der Waals surface area contributed by atoms with E-state index < -0.39 is 55.7 Å². The van der Waals surface area contributed by atoms with Crippen LogP contribution in [0.15, 0.2) is 24.3 Å². The number of hydrogen-bond acceptors (Lipinski definition) is 9. The molecule has 6 rings (SSSR count). The molecule has 4 fully saturated rings. The van der Waals surface area contributed by atoms with Crippen LogP contribution in [0.4, 0.5) is 0 Å². The van der Waals surface area contributed by atoms with E-state index in [9.17, 15) is 27.6 Å². The number of benzene rings is 1. The quantitative estimate of drug-likeness (QED) is 0.350. The van der Waals surface area contributed by atoms with Crippen molar-refractivity contribution >= 4 is 44.6 Å². The van der Waals surface area contributed by atoms with Crippen LogP contribution in [0.5, 0.6) is 6.01 Å². The van der Waals surface area contributed by atoms with E-state index in [0.29, 0.717) is 38.2 Å². The molecule has 2 aliphatic carbocycles. The van der Waals surface area contributed by atoms with Crippen LogP contribution in [-0.4, -0.2) is 75.5 Å². The van der Waals surface area contributed by atoms with E-state index in [-0.39, 0.29) is 43.4 Å². The topological polar surface area (TPSA) is 154 Å². The van der Waals surface area contributed by atoms with Gasteiger partial charge in [0.25, 0.3) is 6.01 Å². The number of nitrogens with zero attached hydrogens (tertiary/aromatic N) is 3. The highest BCUT2D eigenvalue weighted by atomic mass is 32.2. The third-order valence-corrected chi connectivity index (χ3v) is 13.6. The highest BCUT2D eigenvalue weighted by Gasteiger charge is 2.63. The molecule has 2 saturated heterocycles. The second kappa shape index (κ2) is 14.2. The number of Topliss-reactive ketones (excluding diaryl/α,β-unsaturated/α-hetero) is 1. The summed E-state index contributed by atoms with van der Waals surface area (Å²) >= 11 is 0. The number of ether oxygens (including phenoxy) is 2. The summed E-state index contributed by atoms with van der Waals surface area (Å²) in [5.74, 6) is -2.48. The van der Waals surface area contributed by atoms with Crippen LogP contribution < -0.4 is 9.46 Å². The van der Waals surface area contributed by atoms with Gasteiger partial charge in [0, 0.05) is 25.3 Å². The Hall–Kier alpha value is -3.48. The molecule has 4 aliphatic rings. The average molecular weight is 727 g/mol. The molecule has 1 aromatic heterocycles. The van der Waals surface area contributed by atoms with Crippen LogP contribution in [-0.2, 0) is 40.5 Å². The number of carbonyl (C=O) groups is 4. The summed E-state index contributed by atoms with van der Waals surface area (Å²) < 4.78 is 41.8. The van der Waals surface area contributed by atoms with Gasteiger partial charge in [-0.1, -0.05) is 44.2 Å². The van der Waals surface area contributed by atoms with E-state index in [1.54, 1.807) is 32.6 Å². The first kappa shape index (κ1) is 37.3. The van der Waals surface area contributed by atoms with Crippen LogP contribution in [0.1, 0.15) is 118 Å².